The van der Waals surface area contributed by atoms with E-state index in [2.05, 4.69) is 20.4 Å². The van der Waals surface area contributed by atoms with Crippen molar-refractivity contribution in [2.75, 3.05) is 0 Å². The van der Waals surface area contributed by atoms with Crippen LogP contribution in [0.4, 0.5) is 0 Å². The minimum atomic E-state index is -0.337. The molecule has 1 amide bonds. The third-order valence-electron chi connectivity index (χ3n) is 5.20. The van der Waals surface area contributed by atoms with Crippen molar-refractivity contribution in [3.63, 3.8) is 0 Å². The average Bonchev–Trinajstić information content (AvgIpc) is 3.36. The maximum atomic E-state index is 13.0. The van der Waals surface area contributed by atoms with Crippen LogP contribution in [0.25, 0.3) is 33.9 Å². The number of hydrogen-bond donors (Lipinski definition) is 1. The van der Waals surface area contributed by atoms with Gasteiger partial charge in [-0.1, -0.05) is 59.8 Å². The van der Waals surface area contributed by atoms with Crippen LogP contribution in [0.3, 0.4) is 0 Å². The molecule has 33 heavy (non-hydrogen) atoms. The second-order valence-corrected chi connectivity index (χ2v) is 7.40. The van der Waals surface area contributed by atoms with E-state index in [4.69, 9.17) is 4.52 Å². The molecule has 0 radical (unpaired) electrons. The van der Waals surface area contributed by atoms with Crippen molar-refractivity contribution in [2.24, 2.45) is 0 Å². The van der Waals surface area contributed by atoms with E-state index in [9.17, 15) is 9.59 Å². The molecule has 0 aliphatic heterocycles. The summed E-state index contributed by atoms with van der Waals surface area (Å²) < 4.78 is 6.89. The first-order valence-electron chi connectivity index (χ1n) is 10.4. The standard InChI is InChI=1S/C25H19N5O3/c31-22(27-15-17-8-2-1-3-9-17)16-30-21-12-5-4-10-18(21)19(14-23(30)32)25-28-24(29-33-25)20-11-6-7-13-26-20/h1-14H,15-16H2,(H,27,31). The Labute approximate surface area is 188 Å². The van der Waals surface area contributed by atoms with E-state index < -0.39 is 0 Å². The molecule has 3 heterocycles. The Kier molecular flexibility index (Phi) is 5.47. The molecule has 0 unspecified atom stereocenters. The van der Waals surface area contributed by atoms with Gasteiger partial charge in [-0.05, 0) is 23.8 Å². The summed E-state index contributed by atoms with van der Waals surface area (Å²) >= 11 is 0. The molecule has 0 spiro atoms. The van der Waals surface area contributed by atoms with Crippen LogP contribution in [0, 0.1) is 0 Å². The number of nitrogens with zero attached hydrogens (tertiary/aromatic N) is 4. The topological polar surface area (TPSA) is 103 Å². The van der Waals surface area contributed by atoms with Crippen molar-refractivity contribution in [3.8, 4) is 23.0 Å². The minimum absolute atomic E-state index is 0.102. The lowest BCUT2D eigenvalue weighted by atomic mass is 10.1. The molecule has 0 saturated carbocycles. The minimum Gasteiger partial charge on any atom is -0.350 e. The summed E-state index contributed by atoms with van der Waals surface area (Å²) in [5.74, 6) is 0.290. The van der Waals surface area contributed by atoms with Gasteiger partial charge in [0.25, 0.3) is 11.4 Å². The molecule has 0 aliphatic rings. The highest BCUT2D eigenvalue weighted by Crippen LogP contribution is 2.27. The van der Waals surface area contributed by atoms with Crippen LogP contribution >= 0.6 is 0 Å². The largest absolute Gasteiger partial charge is 0.350 e. The molecule has 3 aromatic heterocycles. The smallest absolute Gasteiger partial charge is 0.259 e. The molecule has 5 rings (SSSR count). The molecule has 0 saturated heterocycles. The second kappa shape index (κ2) is 8.88. The Hall–Kier alpha value is -4.59. The molecule has 8 nitrogen and oxygen atoms in total. The number of benzene rings is 2. The third kappa shape index (κ3) is 4.27. The number of rotatable bonds is 6. The number of amides is 1. The Bertz CT molecular complexity index is 1480. The SMILES string of the molecule is O=C(Cn1c(=O)cc(-c2nc(-c3ccccn3)no2)c2ccccc21)NCc1ccccc1. The van der Waals surface area contributed by atoms with Gasteiger partial charge in [0.2, 0.25) is 11.7 Å². The maximum Gasteiger partial charge on any atom is 0.259 e. The van der Waals surface area contributed by atoms with Gasteiger partial charge in [0.05, 0.1) is 11.1 Å². The molecule has 0 aliphatic carbocycles. The first-order valence-corrected chi connectivity index (χ1v) is 10.4. The summed E-state index contributed by atoms with van der Waals surface area (Å²) in [5.41, 5.74) is 2.33. The quantitative estimate of drug-likeness (QED) is 0.437. The first kappa shape index (κ1) is 20.3. The summed E-state index contributed by atoms with van der Waals surface area (Å²) in [6, 6.07) is 23.7. The van der Waals surface area contributed by atoms with Crippen LogP contribution in [0.15, 0.2) is 94.4 Å². The maximum absolute atomic E-state index is 13.0. The van der Waals surface area contributed by atoms with Gasteiger partial charge in [0.1, 0.15) is 12.2 Å². The van der Waals surface area contributed by atoms with Crippen LogP contribution < -0.4 is 10.9 Å². The number of para-hydroxylation sites is 1. The van der Waals surface area contributed by atoms with Crippen LogP contribution in [0.1, 0.15) is 5.56 Å². The molecule has 2 aromatic carbocycles. The summed E-state index contributed by atoms with van der Waals surface area (Å²) in [6.07, 6.45) is 1.64. The van der Waals surface area contributed by atoms with Crippen LogP contribution in [0.2, 0.25) is 0 Å². The lowest BCUT2D eigenvalue weighted by Gasteiger charge is -2.12. The van der Waals surface area contributed by atoms with Gasteiger partial charge < -0.3 is 9.84 Å². The van der Waals surface area contributed by atoms with E-state index in [-0.39, 0.29) is 23.9 Å². The predicted molar refractivity (Wildman–Crippen MR) is 123 cm³/mol. The fourth-order valence-corrected chi connectivity index (χ4v) is 3.60. The fourth-order valence-electron chi connectivity index (χ4n) is 3.60. The first-order chi connectivity index (χ1) is 16.2. The Morgan fingerprint density at radius 3 is 2.58 bits per heavy atom. The molecular formula is C25H19N5O3. The number of carbonyl (C=O) groups is 1. The number of aromatic nitrogens is 4. The molecule has 1 N–H and O–H groups in total. The van der Waals surface area contributed by atoms with Gasteiger partial charge in [-0.2, -0.15) is 4.98 Å². The molecule has 0 fully saturated rings. The van der Waals surface area contributed by atoms with Crippen molar-refractivity contribution in [1.29, 1.82) is 0 Å². The Morgan fingerprint density at radius 2 is 1.76 bits per heavy atom. The molecule has 0 bridgehead atoms. The van der Waals surface area contributed by atoms with E-state index >= 15 is 0 Å². The van der Waals surface area contributed by atoms with E-state index in [0.717, 1.165) is 10.9 Å². The van der Waals surface area contributed by atoms with Crippen LogP contribution in [-0.2, 0) is 17.9 Å². The molecule has 5 aromatic rings. The number of hydrogen-bond acceptors (Lipinski definition) is 6. The van der Waals surface area contributed by atoms with Gasteiger partial charge in [-0.15, -0.1) is 0 Å². The Balaban J connectivity index is 1.46. The zero-order valence-electron chi connectivity index (χ0n) is 17.5. The van der Waals surface area contributed by atoms with E-state index in [1.165, 1.54) is 10.6 Å². The van der Waals surface area contributed by atoms with Crippen LogP contribution in [0.5, 0.6) is 0 Å². The summed E-state index contributed by atoms with van der Waals surface area (Å²) in [4.78, 5) is 34.2. The van der Waals surface area contributed by atoms with E-state index in [1.807, 2.05) is 54.6 Å². The molecule has 0 atom stereocenters. The Morgan fingerprint density at radius 1 is 0.970 bits per heavy atom. The highest BCUT2D eigenvalue weighted by Gasteiger charge is 2.18. The van der Waals surface area contributed by atoms with Crippen molar-refractivity contribution >= 4 is 16.8 Å². The molecule has 162 valence electrons. The van der Waals surface area contributed by atoms with E-state index in [0.29, 0.717) is 29.1 Å². The second-order valence-electron chi connectivity index (χ2n) is 7.40. The molecular weight excluding hydrogens is 418 g/mol. The molecule has 8 heteroatoms. The predicted octanol–water partition coefficient (Wildman–Crippen LogP) is 3.43. The van der Waals surface area contributed by atoms with Crippen molar-refractivity contribution in [1.82, 2.24) is 25.0 Å². The van der Waals surface area contributed by atoms with Crippen molar-refractivity contribution < 1.29 is 9.32 Å². The number of carbonyl (C=O) groups excluding carboxylic acids is 1. The summed E-state index contributed by atoms with van der Waals surface area (Å²) in [6.45, 7) is 0.290. The number of pyridine rings is 2. The normalized spacial score (nSPS) is 10.9. The van der Waals surface area contributed by atoms with Gasteiger partial charge in [0.15, 0.2) is 0 Å². The third-order valence-corrected chi connectivity index (χ3v) is 5.20. The van der Waals surface area contributed by atoms with Crippen molar-refractivity contribution in [2.45, 2.75) is 13.1 Å². The highest BCUT2D eigenvalue weighted by atomic mass is 16.5. The van der Waals surface area contributed by atoms with E-state index in [1.54, 1.807) is 24.4 Å². The highest BCUT2D eigenvalue weighted by molar-refractivity contribution is 5.93. The monoisotopic (exact) mass is 437 g/mol. The zero-order chi connectivity index (χ0) is 22.6. The summed E-state index contributed by atoms with van der Waals surface area (Å²) in [7, 11) is 0. The average molecular weight is 437 g/mol. The lowest BCUT2D eigenvalue weighted by molar-refractivity contribution is -0.121. The zero-order valence-corrected chi connectivity index (χ0v) is 17.5. The van der Waals surface area contributed by atoms with Gasteiger partial charge >= 0.3 is 0 Å². The number of nitrogens with one attached hydrogen (secondary N) is 1. The van der Waals surface area contributed by atoms with Gasteiger partial charge in [-0.25, -0.2) is 0 Å². The van der Waals surface area contributed by atoms with Gasteiger partial charge in [0, 0.05) is 24.2 Å². The fraction of sp³-hybridized carbons (Fsp3) is 0.0800. The summed E-state index contributed by atoms with van der Waals surface area (Å²) in [5, 5.41) is 7.59. The van der Waals surface area contributed by atoms with Crippen LogP contribution in [-0.4, -0.2) is 25.6 Å². The lowest BCUT2D eigenvalue weighted by Crippen LogP contribution is -2.32. The van der Waals surface area contributed by atoms with Gasteiger partial charge in [-0.3, -0.25) is 19.1 Å². The van der Waals surface area contributed by atoms with Crippen molar-refractivity contribution in [3.05, 3.63) is 101 Å². The number of fused-ring (bicyclic) bond motifs is 1.